The van der Waals surface area contributed by atoms with Crippen LogP contribution in [-0.4, -0.2) is 57.7 Å². The van der Waals surface area contributed by atoms with Gasteiger partial charge in [0.2, 0.25) is 17.7 Å². The van der Waals surface area contributed by atoms with Crippen LogP contribution in [0.4, 0.5) is 0 Å². The number of hydrogen-bond acceptors (Lipinski definition) is 4. The number of nitrogens with zero attached hydrogens (tertiary/aromatic N) is 3. The third-order valence-electron chi connectivity index (χ3n) is 5.68. The molecule has 3 amide bonds. The lowest BCUT2D eigenvalue weighted by Crippen LogP contribution is -2.46. The Labute approximate surface area is 166 Å². The monoisotopic (exact) mass is 386 g/mol. The lowest BCUT2D eigenvalue weighted by Gasteiger charge is -2.34. The summed E-state index contributed by atoms with van der Waals surface area (Å²) in [5.41, 5.74) is 0.761. The van der Waals surface area contributed by atoms with Crippen LogP contribution in [0.2, 0.25) is 0 Å². The first kappa shape index (κ1) is 20.3. The van der Waals surface area contributed by atoms with Crippen molar-refractivity contribution in [2.24, 2.45) is 11.8 Å². The maximum atomic E-state index is 12.8. The largest absolute Gasteiger partial charge is 0.352 e. The summed E-state index contributed by atoms with van der Waals surface area (Å²) in [7, 11) is 0. The van der Waals surface area contributed by atoms with E-state index in [9.17, 15) is 14.4 Å². The Morgan fingerprint density at radius 3 is 2.36 bits per heavy atom. The topological polar surface area (TPSA) is 82.6 Å². The van der Waals surface area contributed by atoms with Crippen LogP contribution >= 0.6 is 0 Å². The minimum atomic E-state index is -0.260. The standard InChI is InChI=1S/C21H30N4O3/c1-21(2,3)25-14-17(12-18(25)26)20(28)24-10-6-16(7-11-24)19(27)23-13-15-4-8-22-9-5-15/h4-5,8-9,16-17H,6-7,10-14H2,1-3H3,(H,23,27). The van der Waals surface area contributed by atoms with Gasteiger partial charge in [0.1, 0.15) is 0 Å². The quantitative estimate of drug-likeness (QED) is 0.852. The summed E-state index contributed by atoms with van der Waals surface area (Å²) in [5.74, 6) is -0.184. The number of nitrogens with one attached hydrogen (secondary N) is 1. The zero-order chi connectivity index (χ0) is 20.3. The fourth-order valence-electron chi connectivity index (χ4n) is 3.98. The minimum absolute atomic E-state index is 0.0406. The summed E-state index contributed by atoms with van der Waals surface area (Å²) in [6.45, 7) is 8.12. The Balaban J connectivity index is 1.46. The zero-order valence-electron chi connectivity index (χ0n) is 17.0. The van der Waals surface area contributed by atoms with Gasteiger partial charge in [-0.25, -0.2) is 0 Å². The van der Waals surface area contributed by atoms with E-state index in [1.807, 2.05) is 37.8 Å². The maximum absolute atomic E-state index is 12.8. The highest BCUT2D eigenvalue weighted by Crippen LogP contribution is 2.28. The Kier molecular flexibility index (Phi) is 6.01. The van der Waals surface area contributed by atoms with Gasteiger partial charge in [-0.2, -0.15) is 0 Å². The van der Waals surface area contributed by atoms with Crippen molar-refractivity contribution in [3.05, 3.63) is 30.1 Å². The fraction of sp³-hybridized carbons (Fsp3) is 0.619. The number of piperidine rings is 1. The van der Waals surface area contributed by atoms with Gasteiger partial charge in [-0.3, -0.25) is 19.4 Å². The fourth-order valence-corrected chi connectivity index (χ4v) is 3.98. The van der Waals surface area contributed by atoms with Crippen LogP contribution < -0.4 is 5.32 Å². The molecule has 0 bridgehead atoms. The molecule has 2 fully saturated rings. The molecular formula is C21H30N4O3. The molecule has 3 rings (SSSR count). The van der Waals surface area contributed by atoms with Crippen LogP contribution in [0.1, 0.15) is 45.6 Å². The van der Waals surface area contributed by atoms with Crippen molar-refractivity contribution < 1.29 is 14.4 Å². The van der Waals surface area contributed by atoms with E-state index < -0.39 is 0 Å². The average Bonchev–Trinajstić information content (AvgIpc) is 3.08. The Bertz CT molecular complexity index is 721. The molecule has 0 saturated carbocycles. The molecule has 1 N–H and O–H groups in total. The molecule has 0 radical (unpaired) electrons. The van der Waals surface area contributed by atoms with Crippen molar-refractivity contribution in [2.75, 3.05) is 19.6 Å². The van der Waals surface area contributed by atoms with Gasteiger partial charge in [0.05, 0.1) is 5.92 Å². The number of hydrogen-bond donors (Lipinski definition) is 1. The van der Waals surface area contributed by atoms with Crippen LogP contribution in [0.5, 0.6) is 0 Å². The second-order valence-electron chi connectivity index (χ2n) is 8.75. The minimum Gasteiger partial charge on any atom is -0.352 e. The van der Waals surface area contributed by atoms with Gasteiger partial charge in [0.15, 0.2) is 0 Å². The van der Waals surface area contributed by atoms with Crippen molar-refractivity contribution in [3.8, 4) is 0 Å². The van der Waals surface area contributed by atoms with E-state index in [2.05, 4.69) is 10.3 Å². The first-order chi connectivity index (χ1) is 13.3. The van der Waals surface area contributed by atoms with Gasteiger partial charge in [0.25, 0.3) is 0 Å². The van der Waals surface area contributed by atoms with Crippen LogP contribution in [0, 0.1) is 11.8 Å². The molecule has 1 aromatic heterocycles. The van der Waals surface area contributed by atoms with E-state index in [0.29, 0.717) is 45.4 Å². The molecule has 2 saturated heterocycles. The maximum Gasteiger partial charge on any atom is 0.227 e. The molecule has 1 unspecified atom stereocenters. The second-order valence-corrected chi connectivity index (χ2v) is 8.75. The number of amides is 3. The van der Waals surface area contributed by atoms with Crippen molar-refractivity contribution in [1.82, 2.24) is 20.1 Å². The van der Waals surface area contributed by atoms with Crippen molar-refractivity contribution in [3.63, 3.8) is 0 Å². The first-order valence-electron chi connectivity index (χ1n) is 10.0. The van der Waals surface area contributed by atoms with Crippen LogP contribution in [0.15, 0.2) is 24.5 Å². The summed E-state index contributed by atoms with van der Waals surface area (Å²) in [5, 5.41) is 2.97. The smallest absolute Gasteiger partial charge is 0.227 e. The molecule has 1 atom stereocenters. The predicted molar refractivity (Wildman–Crippen MR) is 105 cm³/mol. The SMILES string of the molecule is CC(C)(C)N1CC(C(=O)N2CCC(C(=O)NCc3ccncc3)CC2)CC1=O. The van der Waals surface area contributed by atoms with Crippen LogP contribution in [-0.2, 0) is 20.9 Å². The summed E-state index contributed by atoms with van der Waals surface area (Å²) in [6, 6.07) is 3.76. The number of carbonyl (C=O) groups is 3. The van der Waals surface area contributed by atoms with E-state index in [1.54, 1.807) is 17.3 Å². The van der Waals surface area contributed by atoms with Gasteiger partial charge in [-0.1, -0.05) is 0 Å². The Hall–Kier alpha value is -2.44. The highest BCUT2D eigenvalue weighted by atomic mass is 16.2. The molecule has 2 aliphatic heterocycles. The van der Waals surface area contributed by atoms with Crippen LogP contribution in [0.25, 0.3) is 0 Å². The Morgan fingerprint density at radius 2 is 1.79 bits per heavy atom. The Morgan fingerprint density at radius 1 is 1.14 bits per heavy atom. The number of carbonyl (C=O) groups excluding carboxylic acids is 3. The zero-order valence-corrected chi connectivity index (χ0v) is 17.0. The molecule has 7 nitrogen and oxygen atoms in total. The van der Waals surface area contributed by atoms with Gasteiger partial charge >= 0.3 is 0 Å². The molecule has 0 spiro atoms. The summed E-state index contributed by atoms with van der Waals surface area (Å²) < 4.78 is 0. The molecular weight excluding hydrogens is 356 g/mol. The molecule has 7 heteroatoms. The molecule has 3 heterocycles. The van der Waals surface area contributed by atoms with E-state index >= 15 is 0 Å². The third kappa shape index (κ3) is 4.69. The van der Waals surface area contributed by atoms with Gasteiger partial charge in [-0.05, 0) is 51.3 Å². The molecule has 0 aliphatic carbocycles. The molecule has 1 aromatic rings. The van der Waals surface area contributed by atoms with Crippen molar-refractivity contribution in [2.45, 2.75) is 52.1 Å². The van der Waals surface area contributed by atoms with Gasteiger partial charge in [0, 0.05) is 56.5 Å². The number of aromatic nitrogens is 1. The van der Waals surface area contributed by atoms with E-state index in [1.165, 1.54) is 0 Å². The lowest BCUT2D eigenvalue weighted by molar-refractivity contribution is -0.139. The second kappa shape index (κ2) is 8.29. The average molecular weight is 386 g/mol. The molecule has 28 heavy (non-hydrogen) atoms. The summed E-state index contributed by atoms with van der Waals surface area (Å²) >= 11 is 0. The van der Waals surface area contributed by atoms with E-state index in [4.69, 9.17) is 0 Å². The molecule has 2 aliphatic rings. The van der Waals surface area contributed by atoms with E-state index in [-0.39, 0.29) is 35.1 Å². The number of likely N-dealkylation sites (tertiary alicyclic amines) is 2. The summed E-state index contributed by atoms with van der Waals surface area (Å²) in [6.07, 6.45) is 5.04. The molecule has 0 aromatic carbocycles. The summed E-state index contributed by atoms with van der Waals surface area (Å²) in [4.78, 5) is 45.1. The van der Waals surface area contributed by atoms with Crippen molar-refractivity contribution in [1.29, 1.82) is 0 Å². The highest BCUT2D eigenvalue weighted by molar-refractivity contribution is 5.90. The number of pyridine rings is 1. The van der Waals surface area contributed by atoms with Crippen LogP contribution in [0.3, 0.4) is 0 Å². The van der Waals surface area contributed by atoms with E-state index in [0.717, 1.165) is 5.56 Å². The first-order valence-corrected chi connectivity index (χ1v) is 10.0. The molecule has 152 valence electrons. The number of rotatable bonds is 4. The van der Waals surface area contributed by atoms with Gasteiger partial charge in [-0.15, -0.1) is 0 Å². The lowest BCUT2D eigenvalue weighted by atomic mass is 9.94. The van der Waals surface area contributed by atoms with Crippen molar-refractivity contribution >= 4 is 17.7 Å². The normalized spacial score (nSPS) is 21.1. The predicted octanol–water partition coefficient (Wildman–Crippen LogP) is 1.58. The highest BCUT2D eigenvalue weighted by Gasteiger charge is 2.41. The third-order valence-corrected chi connectivity index (χ3v) is 5.68. The van der Waals surface area contributed by atoms with Gasteiger partial charge < -0.3 is 15.1 Å².